The van der Waals surface area contributed by atoms with Gasteiger partial charge < -0.3 is 19.7 Å². The van der Waals surface area contributed by atoms with E-state index in [2.05, 4.69) is 34.3 Å². The molecule has 7 nitrogen and oxygen atoms in total. The summed E-state index contributed by atoms with van der Waals surface area (Å²) in [5, 5.41) is 2.93. The second-order valence-electron chi connectivity index (χ2n) is 7.53. The van der Waals surface area contributed by atoms with E-state index in [4.69, 9.17) is 0 Å². The van der Waals surface area contributed by atoms with Crippen LogP contribution in [0.4, 0.5) is 5.69 Å². The van der Waals surface area contributed by atoms with Gasteiger partial charge in [-0.1, -0.05) is 48.5 Å². The number of rotatable bonds is 8. The molecular formula is C24H27N5O2. The largest absolute Gasteiger partial charge is 0.370 e. The van der Waals surface area contributed by atoms with Crippen molar-refractivity contribution in [3.05, 3.63) is 83.9 Å². The lowest BCUT2D eigenvalue weighted by atomic mass is 10.2. The quantitative estimate of drug-likeness (QED) is 0.612. The number of likely N-dealkylation sites (N-methyl/N-ethyl adjacent to an activating group) is 1. The number of benzene rings is 2. The molecule has 1 aliphatic rings. The number of anilines is 1. The summed E-state index contributed by atoms with van der Waals surface area (Å²) in [7, 11) is 0. The molecule has 1 aromatic heterocycles. The zero-order valence-electron chi connectivity index (χ0n) is 17.7. The number of carbonyl (C=O) groups excluding carboxylic acids is 2. The van der Waals surface area contributed by atoms with Crippen LogP contribution in [-0.4, -0.2) is 52.4 Å². The molecule has 4 rings (SSSR count). The van der Waals surface area contributed by atoms with Crippen molar-refractivity contribution >= 4 is 17.5 Å². The number of para-hydroxylation sites is 1. The predicted molar refractivity (Wildman–Crippen MR) is 120 cm³/mol. The summed E-state index contributed by atoms with van der Waals surface area (Å²) in [5.74, 6) is -0.0735. The molecule has 0 saturated carbocycles. The van der Waals surface area contributed by atoms with Crippen molar-refractivity contribution in [2.75, 3.05) is 31.1 Å². The molecule has 1 aliphatic heterocycles. The van der Waals surface area contributed by atoms with E-state index < -0.39 is 0 Å². The van der Waals surface area contributed by atoms with Crippen molar-refractivity contribution in [2.24, 2.45) is 0 Å². The SMILES string of the molecule is CCN(CCNC(=O)c1cn2c(n1)C(=O)N(Cc1ccccc1)CC2)c1ccccc1. The molecule has 0 saturated heterocycles. The maximum atomic E-state index is 12.9. The number of fused-ring (bicyclic) bond motifs is 1. The number of imidazole rings is 1. The lowest BCUT2D eigenvalue weighted by Crippen LogP contribution is -2.39. The van der Waals surface area contributed by atoms with Crippen LogP contribution in [0.2, 0.25) is 0 Å². The van der Waals surface area contributed by atoms with Gasteiger partial charge in [0.15, 0.2) is 5.82 Å². The van der Waals surface area contributed by atoms with Gasteiger partial charge in [0.1, 0.15) is 5.69 Å². The van der Waals surface area contributed by atoms with Crippen molar-refractivity contribution in [1.29, 1.82) is 0 Å². The van der Waals surface area contributed by atoms with Crippen LogP contribution in [0.25, 0.3) is 0 Å². The minimum atomic E-state index is -0.256. The molecule has 7 heteroatoms. The summed E-state index contributed by atoms with van der Waals surface area (Å²) in [5.41, 5.74) is 2.49. The number of nitrogens with zero attached hydrogens (tertiary/aromatic N) is 4. The normalized spacial score (nSPS) is 13.1. The summed E-state index contributed by atoms with van der Waals surface area (Å²) in [4.78, 5) is 33.8. The van der Waals surface area contributed by atoms with Crippen LogP contribution in [-0.2, 0) is 13.1 Å². The highest BCUT2D eigenvalue weighted by Crippen LogP contribution is 2.16. The Balaban J connectivity index is 1.35. The van der Waals surface area contributed by atoms with Crippen LogP contribution in [0.5, 0.6) is 0 Å². The Morgan fingerprint density at radius 2 is 1.77 bits per heavy atom. The maximum absolute atomic E-state index is 12.9. The fraction of sp³-hybridized carbons (Fsp3) is 0.292. The first-order chi connectivity index (χ1) is 15.2. The number of aromatic nitrogens is 2. The average Bonchev–Trinajstić information content (AvgIpc) is 3.25. The molecule has 160 valence electrons. The van der Waals surface area contributed by atoms with E-state index in [9.17, 15) is 9.59 Å². The van der Waals surface area contributed by atoms with Gasteiger partial charge in [-0.25, -0.2) is 4.98 Å². The van der Waals surface area contributed by atoms with E-state index in [-0.39, 0.29) is 17.5 Å². The summed E-state index contributed by atoms with van der Waals surface area (Å²) in [6.45, 7) is 5.91. The molecule has 31 heavy (non-hydrogen) atoms. The van der Waals surface area contributed by atoms with E-state index in [1.807, 2.05) is 48.5 Å². The number of hydrogen-bond acceptors (Lipinski definition) is 4. The first-order valence-corrected chi connectivity index (χ1v) is 10.6. The molecule has 2 aromatic carbocycles. The lowest BCUT2D eigenvalue weighted by molar-refractivity contribution is 0.0683. The highest BCUT2D eigenvalue weighted by molar-refractivity contribution is 5.96. The monoisotopic (exact) mass is 417 g/mol. The zero-order valence-corrected chi connectivity index (χ0v) is 17.7. The van der Waals surface area contributed by atoms with E-state index in [0.29, 0.717) is 38.5 Å². The van der Waals surface area contributed by atoms with Gasteiger partial charge in [0.05, 0.1) is 0 Å². The summed E-state index contributed by atoms with van der Waals surface area (Å²) in [6.07, 6.45) is 1.68. The Morgan fingerprint density at radius 1 is 1.06 bits per heavy atom. The Kier molecular flexibility index (Phi) is 6.31. The van der Waals surface area contributed by atoms with E-state index >= 15 is 0 Å². The molecule has 0 radical (unpaired) electrons. The minimum Gasteiger partial charge on any atom is -0.370 e. The highest BCUT2D eigenvalue weighted by atomic mass is 16.2. The fourth-order valence-corrected chi connectivity index (χ4v) is 3.80. The first kappa shape index (κ1) is 20.7. The molecule has 0 aliphatic carbocycles. The smallest absolute Gasteiger partial charge is 0.290 e. The second kappa shape index (κ2) is 9.47. The van der Waals surface area contributed by atoms with Crippen molar-refractivity contribution in [3.8, 4) is 0 Å². The van der Waals surface area contributed by atoms with Crippen LogP contribution < -0.4 is 10.2 Å². The summed E-state index contributed by atoms with van der Waals surface area (Å²) >= 11 is 0. The third-order valence-corrected chi connectivity index (χ3v) is 5.49. The first-order valence-electron chi connectivity index (χ1n) is 10.6. The number of carbonyl (C=O) groups is 2. The molecule has 2 amide bonds. The number of hydrogen-bond donors (Lipinski definition) is 1. The molecule has 3 aromatic rings. The second-order valence-corrected chi connectivity index (χ2v) is 7.53. The van der Waals surface area contributed by atoms with Crippen LogP contribution in [0, 0.1) is 0 Å². The maximum Gasteiger partial charge on any atom is 0.290 e. The molecule has 0 atom stereocenters. The predicted octanol–water partition coefficient (Wildman–Crippen LogP) is 2.80. The zero-order chi connectivity index (χ0) is 21.6. The molecule has 0 unspecified atom stereocenters. The van der Waals surface area contributed by atoms with Gasteiger partial charge in [-0.3, -0.25) is 9.59 Å². The van der Waals surface area contributed by atoms with E-state index in [0.717, 1.165) is 17.8 Å². The lowest BCUT2D eigenvalue weighted by Gasteiger charge is -2.27. The van der Waals surface area contributed by atoms with Gasteiger partial charge >= 0.3 is 0 Å². The van der Waals surface area contributed by atoms with Crippen molar-refractivity contribution < 1.29 is 9.59 Å². The summed E-state index contributed by atoms with van der Waals surface area (Å²) < 4.78 is 1.78. The number of nitrogens with one attached hydrogen (secondary N) is 1. The van der Waals surface area contributed by atoms with Gasteiger partial charge in [-0.05, 0) is 24.6 Å². The Hall–Kier alpha value is -3.61. The van der Waals surface area contributed by atoms with Crippen LogP contribution in [0.15, 0.2) is 66.9 Å². The van der Waals surface area contributed by atoms with Crippen molar-refractivity contribution in [3.63, 3.8) is 0 Å². The minimum absolute atomic E-state index is 0.143. The van der Waals surface area contributed by atoms with E-state index in [1.54, 1.807) is 15.7 Å². The number of amides is 2. The van der Waals surface area contributed by atoms with Gasteiger partial charge in [-0.2, -0.15) is 0 Å². The standard InChI is InChI=1S/C24H27N5O2/c1-2-27(20-11-7-4-8-12-20)14-13-25-23(30)21-18-28-15-16-29(24(31)22(28)26-21)17-19-9-5-3-6-10-19/h3-12,18H,2,13-17H2,1H3,(H,25,30). The summed E-state index contributed by atoms with van der Waals surface area (Å²) in [6, 6.07) is 20.0. The Morgan fingerprint density at radius 3 is 2.48 bits per heavy atom. The third kappa shape index (κ3) is 4.77. The van der Waals surface area contributed by atoms with Crippen LogP contribution >= 0.6 is 0 Å². The van der Waals surface area contributed by atoms with Crippen LogP contribution in [0.3, 0.4) is 0 Å². The van der Waals surface area contributed by atoms with Crippen molar-refractivity contribution in [2.45, 2.75) is 20.0 Å². The van der Waals surface area contributed by atoms with Gasteiger partial charge in [0, 0.05) is 51.2 Å². The molecule has 0 fully saturated rings. The molecule has 0 bridgehead atoms. The van der Waals surface area contributed by atoms with Gasteiger partial charge in [-0.15, -0.1) is 0 Å². The van der Waals surface area contributed by atoms with E-state index in [1.165, 1.54) is 0 Å². The molecule has 2 heterocycles. The van der Waals surface area contributed by atoms with Crippen LogP contribution in [0.1, 0.15) is 33.6 Å². The molecule has 1 N–H and O–H groups in total. The average molecular weight is 418 g/mol. The highest BCUT2D eigenvalue weighted by Gasteiger charge is 2.28. The molecular weight excluding hydrogens is 390 g/mol. The Labute approximate surface area is 182 Å². The van der Waals surface area contributed by atoms with Gasteiger partial charge in [0.25, 0.3) is 11.8 Å². The Bertz CT molecular complexity index is 1030. The van der Waals surface area contributed by atoms with Gasteiger partial charge in [0.2, 0.25) is 0 Å². The molecule has 0 spiro atoms. The van der Waals surface area contributed by atoms with Crippen molar-refractivity contribution in [1.82, 2.24) is 19.8 Å². The topological polar surface area (TPSA) is 70.5 Å². The fourth-order valence-electron chi connectivity index (χ4n) is 3.80. The third-order valence-electron chi connectivity index (χ3n) is 5.49.